The van der Waals surface area contributed by atoms with E-state index in [0.717, 1.165) is 55.2 Å². The molecule has 2 aromatic heterocycles. The Labute approximate surface area is 173 Å². The van der Waals surface area contributed by atoms with E-state index in [1.807, 2.05) is 35.2 Å². The number of carbonyl (C=O) groups is 1. The minimum absolute atomic E-state index is 0.0192. The van der Waals surface area contributed by atoms with Crippen molar-refractivity contribution in [1.29, 1.82) is 0 Å². The zero-order valence-corrected chi connectivity index (χ0v) is 17.3. The summed E-state index contributed by atoms with van der Waals surface area (Å²) in [5.41, 5.74) is 1.84. The zero-order chi connectivity index (χ0) is 19.8. The third-order valence-corrected chi connectivity index (χ3v) is 7.43. The van der Waals surface area contributed by atoms with Crippen LogP contribution in [0.15, 0.2) is 35.1 Å². The number of nitrogens with zero attached hydrogens (tertiary/aromatic N) is 2. The van der Waals surface area contributed by atoms with Crippen LogP contribution >= 0.6 is 11.3 Å². The van der Waals surface area contributed by atoms with Crippen molar-refractivity contribution in [2.75, 3.05) is 0 Å². The highest BCUT2D eigenvalue weighted by atomic mass is 32.1. The number of nitrogens with one attached hydrogen (secondary N) is 1. The van der Waals surface area contributed by atoms with Gasteiger partial charge in [0.15, 0.2) is 0 Å². The monoisotopic (exact) mass is 407 g/mol. The Morgan fingerprint density at radius 1 is 1.10 bits per heavy atom. The molecule has 0 atom stereocenters. The Bertz CT molecular complexity index is 1100. The standard InChI is InChI=1S/C23H25N3O2S/c27-21-20-17-12-6-7-13-18(17)29-22(20)25-19(24-21)14-26(16-10-4-5-11-16)23(28)15-8-2-1-3-9-15/h1-3,8-9,16H,4-7,10-14H2,(H,24,25,27). The minimum Gasteiger partial charge on any atom is -0.328 e. The minimum atomic E-state index is -0.0528. The molecule has 0 unspecified atom stereocenters. The predicted molar refractivity (Wildman–Crippen MR) is 115 cm³/mol. The van der Waals surface area contributed by atoms with Gasteiger partial charge in [0.1, 0.15) is 10.7 Å². The normalized spacial score (nSPS) is 16.8. The van der Waals surface area contributed by atoms with Crippen molar-refractivity contribution < 1.29 is 4.79 Å². The molecule has 2 heterocycles. The van der Waals surface area contributed by atoms with E-state index in [0.29, 0.717) is 17.9 Å². The molecule has 1 amide bonds. The maximum absolute atomic E-state index is 13.3. The zero-order valence-electron chi connectivity index (χ0n) is 16.4. The molecule has 0 radical (unpaired) electrons. The van der Waals surface area contributed by atoms with E-state index in [2.05, 4.69) is 4.98 Å². The summed E-state index contributed by atoms with van der Waals surface area (Å²) in [6.45, 7) is 0.353. The van der Waals surface area contributed by atoms with Crippen molar-refractivity contribution >= 4 is 27.5 Å². The van der Waals surface area contributed by atoms with Gasteiger partial charge in [-0.3, -0.25) is 9.59 Å². The van der Waals surface area contributed by atoms with Crippen LogP contribution in [0.25, 0.3) is 10.2 Å². The average molecular weight is 408 g/mol. The molecule has 5 rings (SSSR count). The van der Waals surface area contributed by atoms with Crippen LogP contribution in [-0.2, 0) is 19.4 Å². The molecule has 1 aromatic carbocycles. The van der Waals surface area contributed by atoms with Gasteiger partial charge >= 0.3 is 0 Å². The lowest BCUT2D eigenvalue weighted by atomic mass is 9.97. The Balaban J connectivity index is 1.50. The number of hydrogen-bond acceptors (Lipinski definition) is 4. The Morgan fingerprint density at radius 3 is 2.66 bits per heavy atom. The van der Waals surface area contributed by atoms with Crippen LogP contribution in [0.5, 0.6) is 0 Å². The van der Waals surface area contributed by atoms with Crippen molar-refractivity contribution in [3.05, 3.63) is 62.5 Å². The van der Waals surface area contributed by atoms with Crippen molar-refractivity contribution in [2.45, 2.75) is 64.0 Å². The average Bonchev–Trinajstić information content (AvgIpc) is 3.40. The quantitative estimate of drug-likeness (QED) is 0.695. The molecule has 0 bridgehead atoms. The van der Waals surface area contributed by atoms with Crippen LogP contribution in [0.1, 0.15) is 65.1 Å². The molecule has 6 heteroatoms. The molecule has 2 aliphatic rings. The number of carbonyl (C=O) groups excluding carboxylic acids is 1. The molecule has 1 fully saturated rings. The molecule has 0 saturated heterocycles. The highest BCUT2D eigenvalue weighted by Gasteiger charge is 2.29. The lowest BCUT2D eigenvalue weighted by Gasteiger charge is -2.28. The fourth-order valence-electron chi connectivity index (χ4n) is 4.77. The predicted octanol–water partition coefficient (Wildman–Crippen LogP) is 4.45. The number of H-pyrrole nitrogens is 1. The maximum Gasteiger partial charge on any atom is 0.259 e. The molecule has 0 aliphatic heterocycles. The van der Waals surface area contributed by atoms with Crippen molar-refractivity contribution in [3.8, 4) is 0 Å². The molecule has 2 aliphatic carbocycles. The van der Waals surface area contributed by atoms with E-state index in [-0.39, 0.29) is 17.5 Å². The van der Waals surface area contributed by atoms with E-state index >= 15 is 0 Å². The summed E-state index contributed by atoms with van der Waals surface area (Å²) in [4.78, 5) is 38.0. The topological polar surface area (TPSA) is 66.1 Å². The number of thiophene rings is 1. The van der Waals surface area contributed by atoms with Crippen LogP contribution in [-0.4, -0.2) is 26.8 Å². The van der Waals surface area contributed by atoms with Gasteiger partial charge in [-0.25, -0.2) is 4.98 Å². The molecule has 29 heavy (non-hydrogen) atoms. The van der Waals surface area contributed by atoms with Gasteiger partial charge in [0.05, 0.1) is 11.9 Å². The van der Waals surface area contributed by atoms with Crippen LogP contribution in [0.2, 0.25) is 0 Å². The fourth-order valence-corrected chi connectivity index (χ4v) is 6.05. The first-order valence-electron chi connectivity index (χ1n) is 10.6. The largest absolute Gasteiger partial charge is 0.328 e. The first-order chi connectivity index (χ1) is 14.2. The highest BCUT2D eigenvalue weighted by Crippen LogP contribution is 2.34. The van der Waals surface area contributed by atoms with Crippen molar-refractivity contribution in [2.24, 2.45) is 0 Å². The number of aromatic nitrogens is 2. The van der Waals surface area contributed by atoms with Gasteiger partial charge in [0.25, 0.3) is 11.5 Å². The second-order valence-electron chi connectivity index (χ2n) is 8.14. The summed E-state index contributed by atoms with van der Waals surface area (Å²) in [7, 11) is 0. The summed E-state index contributed by atoms with van der Waals surface area (Å²) >= 11 is 1.66. The van der Waals surface area contributed by atoms with Crippen LogP contribution in [0.4, 0.5) is 0 Å². The number of fused-ring (bicyclic) bond motifs is 3. The number of hydrogen-bond donors (Lipinski definition) is 1. The molecule has 5 nitrogen and oxygen atoms in total. The third kappa shape index (κ3) is 3.50. The first-order valence-corrected chi connectivity index (χ1v) is 11.4. The van der Waals surface area contributed by atoms with E-state index in [4.69, 9.17) is 4.98 Å². The summed E-state index contributed by atoms with van der Waals surface area (Å²) in [6, 6.07) is 9.63. The van der Waals surface area contributed by atoms with E-state index in [9.17, 15) is 9.59 Å². The number of rotatable bonds is 4. The first kappa shape index (κ1) is 18.6. The van der Waals surface area contributed by atoms with Gasteiger partial charge in [-0.1, -0.05) is 31.0 Å². The summed E-state index contributed by atoms with van der Waals surface area (Å²) in [6.07, 6.45) is 8.66. The molecule has 3 aromatic rings. The highest BCUT2D eigenvalue weighted by molar-refractivity contribution is 7.18. The van der Waals surface area contributed by atoms with Crippen LogP contribution in [0, 0.1) is 0 Å². The molecule has 1 saturated carbocycles. The fraction of sp³-hybridized carbons (Fsp3) is 0.435. The lowest BCUT2D eigenvalue weighted by Crippen LogP contribution is -2.39. The van der Waals surface area contributed by atoms with Gasteiger partial charge in [-0.2, -0.15) is 0 Å². The summed E-state index contributed by atoms with van der Waals surface area (Å²) in [5, 5.41) is 0.773. The SMILES string of the molecule is O=C(c1ccccc1)N(Cc1nc2sc3c(c2c(=O)[nH]1)CCCC3)C1CCCC1. The number of aromatic amines is 1. The second-order valence-corrected chi connectivity index (χ2v) is 9.22. The Morgan fingerprint density at radius 2 is 1.86 bits per heavy atom. The number of amides is 1. The smallest absolute Gasteiger partial charge is 0.259 e. The van der Waals surface area contributed by atoms with E-state index in [1.54, 1.807) is 11.3 Å². The number of benzene rings is 1. The van der Waals surface area contributed by atoms with Gasteiger partial charge in [-0.05, 0) is 56.2 Å². The van der Waals surface area contributed by atoms with Crippen molar-refractivity contribution in [3.63, 3.8) is 0 Å². The second kappa shape index (κ2) is 7.75. The Kier molecular flexibility index (Phi) is 4.96. The van der Waals surface area contributed by atoms with Gasteiger partial charge < -0.3 is 9.88 Å². The maximum atomic E-state index is 13.3. The number of aryl methyl sites for hydroxylation is 2. The van der Waals surface area contributed by atoms with Gasteiger partial charge in [-0.15, -0.1) is 11.3 Å². The molecule has 150 valence electrons. The van der Waals surface area contributed by atoms with Gasteiger partial charge in [0.2, 0.25) is 0 Å². The Hall–Kier alpha value is -2.47. The molecule has 1 N–H and O–H groups in total. The molecular weight excluding hydrogens is 382 g/mol. The van der Waals surface area contributed by atoms with Crippen LogP contribution < -0.4 is 5.56 Å². The molecule has 0 spiro atoms. The van der Waals surface area contributed by atoms with Gasteiger partial charge in [0, 0.05) is 16.5 Å². The van der Waals surface area contributed by atoms with Crippen LogP contribution in [0.3, 0.4) is 0 Å². The summed E-state index contributed by atoms with van der Waals surface area (Å²) in [5.74, 6) is 0.614. The van der Waals surface area contributed by atoms with Crippen molar-refractivity contribution in [1.82, 2.24) is 14.9 Å². The van der Waals surface area contributed by atoms with E-state index < -0.39 is 0 Å². The summed E-state index contributed by atoms with van der Waals surface area (Å²) < 4.78 is 0. The van der Waals surface area contributed by atoms with E-state index in [1.165, 1.54) is 16.9 Å². The lowest BCUT2D eigenvalue weighted by molar-refractivity contribution is 0.0658. The molecular formula is C23H25N3O2S. The third-order valence-electron chi connectivity index (χ3n) is 6.24.